The largest absolute Gasteiger partial charge is 0.463 e. The van der Waals surface area contributed by atoms with Gasteiger partial charge in [0.1, 0.15) is 5.82 Å². The number of ether oxygens (including phenoxy) is 1. The number of allylic oxidation sites excluding steroid dienone is 2. The van der Waals surface area contributed by atoms with Gasteiger partial charge in [-0.1, -0.05) is 37.6 Å². The molecule has 0 saturated heterocycles. The molecule has 3 rings (SSSR count). The van der Waals surface area contributed by atoms with Gasteiger partial charge in [-0.05, 0) is 43.7 Å². The van der Waals surface area contributed by atoms with Crippen LogP contribution in [0, 0.1) is 19.3 Å². The summed E-state index contributed by atoms with van der Waals surface area (Å²) in [6.45, 7) is 10.2. The highest BCUT2D eigenvalue weighted by molar-refractivity contribution is 6.04. The van der Waals surface area contributed by atoms with E-state index in [1.165, 1.54) is 0 Å². The number of hydrogen-bond donors (Lipinski definition) is 2. The van der Waals surface area contributed by atoms with Crippen molar-refractivity contribution < 1.29 is 14.3 Å². The van der Waals surface area contributed by atoms with Crippen molar-refractivity contribution in [2.75, 3.05) is 6.61 Å². The van der Waals surface area contributed by atoms with Gasteiger partial charge in [0, 0.05) is 17.7 Å². The normalized spacial score (nSPS) is 21.7. The average molecular weight is 368 g/mol. The zero-order chi connectivity index (χ0) is 19.9. The number of aryl methyl sites for hydroxylation is 2. The number of nitrogens with two attached hydrogens (primary N) is 1. The molecule has 1 atom stereocenters. The average Bonchev–Trinajstić information content (AvgIpc) is 2.52. The maximum atomic E-state index is 13.1. The smallest absolute Gasteiger partial charge is 0.338 e. The summed E-state index contributed by atoms with van der Waals surface area (Å²) in [5, 5.41) is 3.14. The summed E-state index contributed by atoms with van der Waals surface area (Å²) in [4.78, 5) is 25.9. The Kier molecular flexibility index (Phi) is 4.89. The third-order valence-electron chi connectivity index (χ3n) is 5.30. The highest BCUT2D eigenvalue weighted by Gasteiger charge is 2.43. The molecule has 0 unspecified atom stereocenters. The summed E-state index contributed by atoms with van der Waals surface area (Å²) in [5.41, 5.74) is 11.0. The number of ketones is 1. The number of Topliss-reactive ketones (excluding diaryl/α,β-unsaturated/α-hetero) is 1. The Hall–Kier alpha value is -2.56. The van der Waals surface area contributed by atoms with Gasteiger partial charge in [0.2, 0.25) is 0 Å². The first-order valence-electron chi connectivity index (χ1n) is 9.42. The van der Waals surface area contributed by atoms with Gasteiger partial charge in [-0.15, -0.1) is 0 Å². The molecule has 1 heterocycles. The van der Waals surface area contributed by atoms with Gasteiger partial charge in [0.05, 0.1) is 18.1 Å². The summed E-state index contributed by atoms with van der Waals surface area (Å²) >= 11 is 0. The number of hydrogen-bond acceptors (Lipinski definition) is 5. The Labute approximate surface area is 160 Å². The number of nitrogens with one attached hydrogen (secondary N) is 1. The molecule has 0 bridgehead atoms. The van der Waals surface area contributed by atoms with E-state index in [9.17, 15) is 9.59 Å². The quantitative estimate of drug-likeness (QED) is 0.800. The molecule has 144 valence electrons. The Morgan fingerprint density at radius 3 is 2.63 bits per heavy atom. The van der Waals surface area contributed by atoms with Crippen LogP contribution in [0.25, 0.3) is 0 Å². The van der Waals surface area contributed by atoms with E-state index < -0.39 is 11.9 Å². The van der Waals surface area contributed by atoms with Gasteiger partial charge < -0.3 is 15.8 Å². The predicted molar refractivity (Wildman–Crippen MR) is 105 cm³/mol. The minimum absolute atomic E-state index is 0.0630. The lowest BCUT2D eigenvalue weighted by molar-refractivity contribution is -0.138. The van der Waals surface area contributed by atoms with Crippen molar-refractivity contribution in [2.45, 2.75) is 53.4 Å². The first-order chi connectivity index (χ1) is 12.6. The molecule has 0 amide bonds. The second kappa shape index (κ2) is 6.87. The van der Waals surface area contributed by atoms with Gasteiger partial charge >= 0.3 is 5.97 Å². The van der Waals surface area contributed by atoms with Crippen LogP contribution < -0.4 is 11.1 Å². The molecule has 1 aliphatic carbocycles. The lowest BCUT2D eigenvalue weighted by Gasteiger charge is -2.39. The number of benzene rings is 1. The van der Waals surface area contributed by atoms with Gasteiger partial charge in [0.25, 0.3) is 0 Å². The minimum atomic E-state index is -0.496. The van der Waals surface area contributed by atoms with Crippen LogP contribution in [0.4, 0.5) is 0 Å². The molecule has 1 aromatic carbocycles. The molecule has 3 N–H and O–H groups in total. The standard InChI is InChI=1S/C22H28N2O3/c1-6-27-21(26)19-17(14-8-7-12(2)9-13(14)3)18-15(24-20(19)23)10-22(4,5)11-16(18)25/h7-9,17,24H,6,10-11,23H2,1-5H3/t17-/m0/s1. The molecule has 0 radical (unpaired) electrons. The number of dihydropyridines is 1. The molecule has 0 spiro atoms. The fraction of sp³-hybridized carbons (Fsp3) is 0.455. The summed E-state index contributed by atoms with van der Waals surface area (Å²) in [6.07, 6.45) is 1.16. The maximum absolute atomic E-state index is 13.1. The van der Waals surface area contributed by atoms with Crippen LogP contribution in [0.5, 0.6) is 0 Å². The lowest BCUT2D eigenvalue weighted by atomic mass is 9.68. The summed E-state index contributed by atoms with van der Waals surface area (Å²) in [5.74, 6) is -0.628. The van der Waals surface area contributed by atoms with E-state index in [0.29, 0.717) is 24.0 Å². The Bertz CT molecular complexity index is 878. The second-order valence-electron chi connectivity index (χ2n) is 8.30. The first kappa shape index (κ1) is 19.2. The Morgan fingerprint density at radius 2 is 2.00 bits per heavy atom. The van der Waals surface area contributed by atoms with Crippen LogP contribution in [-0.2, 0) is 14.3 Å². The van der Waals surface area contributed by atoms with Crippen molar-refractivity contribution >= 4 is 11.8 Å². The molecule has 5 heteroatoms. The summed E-state index contributed by atoms with van der Waals surface area (Å²) in [6, 6.07) is 6.05. The third kappa shape index (κ3) is 3.51. The van der Waals surface area contributed by atoms with Crippen LogP contribution in [0.2, 0.25) is 0 Å². The topological polar surface area (TPSA) is 81.4 Å². The van der Waals surface area contributed by atoms with E-state index >= 15 is 0 Å². The van der Waals surface area contributed by atoms with Crippen molar-refractivity contribution in [1.82, 2.24) is 5.32 Å². The molecule has 1 aliphatic heterocycles. The van der Waals surface area contributed by atoms with Crippen LogP contribution in [0.1, 0.15) is 56.2 Å². The summed E-state index contributed by atoms with van der Waals surface area (Å²) < 4.78 is 5.27. The predicted octanol–water partition coefficient (Wildman–Crippen LogP) is 3.37. The number of rotatable bonds is 3. The number of carbonyl (C=O) groups is 2. The minimum Gasteiger partial charge on any atom is -0.463 e. The fourth-order valence-corrected chi connectivity index (χ4v) is 4.21. The molecule has 0 saturated carbocycles. The van der Waals surface area contributed by atoms with Crippen LogP contribution in [0.3, 0.4) is 0 Å². The van der Waals surface area contributed by atoms with Crippen molar-refractivity contribution in [3.63, 3.8) is 0 Å². The number of carbonyl (C=O) groups excluding carboxylic acids is 2. The Morgan fingerprint density at radius 1 is 1.30 bits per heavy atom. The van der Waals surface area contributed by atoms with Crippen molar-refractivity contribution in [1.29, 1.82) is 0 Å². The van der Waals surface area contributed by atoms with Crippen LogP contribution >= 0.6 is 0 Å². The summed E-state index contributed by atoms with van der Waals surface area (Å²) in [7, 11) is 0. The molecule has 0 fully saturated rings. The van der Waals surface area contributed by atoms with Crippen molar-refractivity contribution in [3.05, 3.63) is 57.6 Å². The van der Waals surface area contributed by atoms with E-state index in [2.05, 4.69) is 25.2 Å². The van der Waals surface area contributed by atoms with Gasteiger partial charge in [-0.25, -0.2) is 4.79 Å². The van der Waals surface area contributed by atoms with E-state index in [-0.39, 0.29) is 23.6 Å². The molecular formula is C22H28N2O3. The van der Waals surface area contributed by atoms with Crippen molar-refractivity contribution in [3.8, 4) is 0 Å². The maximum Gasteiger partial charge on any atom is 0.338 e. The van der Waals surface area contributed by atoms with Gasteiger partial charge in [-0.2, -0.15) is 0 Å². The molecule has 27 heavy (non-hydrogen) atoms. The van der Waals surface area contributed by atoms with E-state index in [1.54, 1.807) is 6.92 Å². The highest BCUT2D eigenvalue weighted by atomic mass is 16.5. The fourth-order valence-electron chi connectivity index (χ4n) is 4.21. The molecule has 5 nitrogen and oxygen atoms in total. The van der Waals surface area contributed by atoms with Gasteiger partial charge in [-0.3, -0.25) is 4.79 Å². The zero-order valence-electron chi connectivity index (χ0n) is 16.7. The number of esters is 1. The lowest BCUT2D eigenvalue weighted by Crippen LogP contribution is -2.41. The first-order valence-corrected chi connectivity index (χ1v) is 9.42. The van der Waals surface area contributed by atoms with E-state index in [1.807, 2.05) is 26.0 Å². The molecule has 1 aromatic rings. The van der Waals surface area contributed by atoms with Gasteiger partial charge in [0.15, 0.2) is 5.78 Å². The van der Waals surface area contributed by atoms with E-state index in [4.69, 9.17) is 10.5 Å². The molecule has 0 aromatic heterocycles. The van der Waals surface area contributed by atoms with E-state index in [0.717, 1.165) is 22.4 Å². The zero-order valence-corrected chi connectivity index (χ0v) is 16.7. The monoisotopic (exact) mass is 368 g/mol. The van der Waals surface area contributed by atoms with Crippen LogP contribution in [-0.4, -0.2) is 18.4 Å². The SMILES string of the molecule is CCOC(=O)C1=C(N)NC2=C(C(=O)CC(C)(C)C2)[C@@H]1c1ccc(C)cc1C. The Balaban J connectivity index is 2.22. The molecular weight excluding hydrogens is 340 g/mol. The third-order valence-corrected chi connectivity index (χ3v) is 5.30. The second-order valence-corrected chi connectivity index (χ2v) is 8.30. The van der Waals surface area contributed by atoms with Crippen molar-refractivity contribution in [2.24, 2.45) is 11.1 Å². The van der Waals surface area contributed by atoms with Crippen LogP contribution in [0.15, 0.2) is 40.9 Å². The molecule has 2 aliphatic rings. The highest BCUT2D eigenvalue weighted by Crippen LogP contribution is 2.46.